The highest BCUT2D eigenvalue weighted by Crippen LogP contribution is 2.23. The van der Waals surface area contributed by atoms with Gasteiger partial charge >= 0.3 is 0 Å². The molecule has 7 nitrogen and oxygen atoms in total. The fourth-order valence-corrected chi connectivity index (χ4v) is 3.33. The Hall–Kier alpha value is -1.81. The zero-order valence-electron chi connectivity index (χ0n) is 18.0. The molecule has 30 heavy (non-hydrogen) atoms. The van der Waals surface area contributed by atoms with Gasteiger partial charge in [-0.25, -0.2) is 9.98 Å². The second-order valence-corrected chi connectivity index (χ2v) is 7.76. The summed E-state index contributed by atoms with van der Waals surface area (Å²) in [5, 5.41) is 17.1. The number of aliphatic hydroxyl groups is 1. The van der Waals surface area contributed by atoms with E-state index in [1.807, 2.05) is 32.0 Å². The smallest absolute Gasteiger partial charge is 0.213 e. The maximum Gasteiger partial charge on any atom is 0.213 e. The van der Waals surface area contributed by atoms with Crippen LogP contribution in [0.1, 0.15) is 56.6 Å². The molecule has 0 aromatic carbocycles. The second kappa shape index (κ2) is 11.5. The summed E-state index contributed by atoms with van der Waals surface area (Å²) in [4.78, 5) is 9.00. The number of hydrogen-bond acceptors (Lipinski definition) is 5. The van der Waals surface area contributed by atoms with E-state index in [0.29, 0.717) is 30.2 Å². The van der Waals surface area contributed by atoms with Crippen molar-refractivity contribution in [3.63, 3.8) is 0 Å². The van der Waals surface area contributed by atoms with Gasteiger partial charge in [-0.2, -0.15) is 0 Å². The van der Waals surface area contributed by atoms with E-state index >= 15 is 0 Å². The predicted molar refractivity (Wildman–Crippen MR) is 128 cm³/mol. The normalized spacial score (nSPS) is 16.6. The Morgan fingerprint density at radius 1 is 1.27 bits per heavy atom. The van der Waals surface area contributed by atoms with Crippen LogP contribution < -0.4 is 15.4 Å². The highest BCUT2D eigenvalue weighted by molar-refractivity contribution is 14.0. The molecule has 0 spiro atoms. The number of rotatable bonds is 8. The number of furan rings is 1. The van der Waals surface area contributed by atoms with Crippen LogP contribution in [0.3, 0.4) is 0 Å². The summed E-state index contributed by atoms with van der Waals surface area (Å²) in [6, 6.07) is 7.54. The number of guanidine groups is 1. The van der Waals surface area contributed by atoms with Gasteiger partial charge in [0.25, 0.3) is 0 Å². The summed E-state index contributed by atoms with van der Waals surface area (Å²) in [6.45, 7) is 7.06. The van der Waals surface area contributed by atoms with Crippen LogP contribution in [0, 0.1) is 6.92 Å². The quantitative estimate of drug-likeness (QED) is 0.274. The number of aliphatic imine (C=N–C) groups is 1. The lowest BCUT2D eigenvalue weighted by molar-refractivity contribution is 0.0378. The average molecular weight is 528 g/mol. The van der Waals surface area contributed by atoms with Crippen LogP contribution in [-0.4, -0.2) is 35.2 Å². The van der Waals surface area contributed by atoms with Gasteiger partial charge in [0.05, 0.1) is 13.1 Å². The van der Waals surface area contributed by atoms with Gasteiger partial charge in [0.1, 0.15) is 23.2 Å². The van der Waals surface area contributed by atoms with Gasteiger partial charge in [-0.05, 0) is 64.2 Å². The molecule has 1 unspecified atom stereocenters. The third-order valence-electron chi connectivity index (χ3n) is 5.02. The number of halogens is 1. The molecular weight excluding hydrogens is 495 g/mol. The molecule has 0 saturated heterocycles. The molecule has 2 aromatic rings. The third kappa shape index (κ3) is 7.16. The van der Waals surface area contributed by atoms with Crippen molar-refractivity contribution >= 4 is 29.9 Å². The van der Waals surface area contributed by atoms with Gasteiger partial charge in [0.2, 0.25) is 5.88 Å². The molecule has 2 aromatic heterocycles. The van der Waals surface area contributed by atoms with Crippen LogP contribution in [0.2, 0.25) is 0 Å². The monoisotopic (exact) mass is 528 g/mol. The van der Waals surface area contributed by atoms with Crippen molar-refractivity contribution in [2.24, 2.45) is 4.99 Å². The van der Waals surface area contributed by atoms with Gasteiger partial charge in [0, 0.05) is 18.8 Å². The molecule has 0 bridgehead atoms. The van der Waals surface area contributed by atoms with Crippen LogP contribution >= 0.6 is 24.0 Å². The molecule has 1 fully saturated rings. The van der Waals surface area contributed by atoms with Gasteiger partial charge in [0.15, 0.2) is 5.96 Å². The lowest BCUT2D eigenvalue weighted by Crippen LogP contribution is -2.44. The minimum atomic E-state index is -1.13. The molecule has 1 saturated carbocycles. The molecule has 0 amide bonds. The van der Waals surface area contributed by atoms with Crippen molar-refractivity contribution < 1.29 is 14.3 Å². The minimum Gasteiger partial charge on any atom is -0.474 e. The summed E-state index contributed by atoms with van der Waals surface area (Å²) >= 11 is 0. The van der Waals surface area contributed by atoms with Gasteiger partial charge in [-0.15, -0.1) is 24.0 Å². The average Bonchev–Trinajstić information content (AvgIpc) is 3.37. The third-order valence-corrected chi connectivity index (χ3v) is 5.02. The Bertz CT molecular complexity index is 799. The maximum atomic E-state index is 10.7. The Morgan fingerprint density at radius 3 is 2.63 bits per heavy atom. The first-order valence-corrected chi connectivity index (χ1v) is 10.4. The van der Waals surface area contributed by atoms with Crippen molar-refractivity contribution in [3.05, 3.63) is 47.5 Å². The number of ether oxygens (including phenoxy) is 1. The second-order valence-electron chi connectivity index (χ2n) is 7.76. The van der Waals surface area contributed by atoms with E-state index in [1.54, 1.807) is 19.2 Å². The van der Waals surface area contributed by atoms with Crippen LogP contribution in [0.25, 0.3) is 0 Å². The first kappa shape index (κ1) is 24.5. The molecule has 1 aliphatic rings. The molecule has 8 heteroatoms. The highest BCUT2D eigenvalue weighted by Gasteiger charge is 2.27. The fraction of sp³-hybridized carbons (Fsp3) is 0.545. The summed E-state index contributed by atoms with van der Waals surface area (Å²) in [6.07, 6.45) is 6.83. The van der Waals surface area contributed by atoms with Gasteiger partial charge < -0.3 is 24.9 Å². The van der Waals surface area contributed by atoms with E-state index in [0.717, 1.165) is 30.7 Å². The number of hydrogen-bond donors (Lipinski definition) is 3. The van der Waals surface area contributed by atoms with Crippen molar-refractivity contribution in [1.29, 1.82) is 0 Å². The zero-order valence-corrected chi connectivity index (χ0v) is 20.3. The molecule has 166 valence electrons. The highest BCUT2D eigenvalue weighted by atomic mass is 127. The molecule has 0 aliphatic heterocycles. The lowest BCUT2D eigenvalue weighted by atomic mass is 10.0. The zero-order chi connectivity index (χ0) is 20.7. The molecule has 0 radical (unpaired) electrons. The number of nitrogens with zero attached hydrogens (tertiary/aromatic N) is 2. The minimum absolute atomic E-state index is 0. The SMILES string of the molecule is CCNC(=NCc1ccc(OC2CCCC2)nc1)NCC(C)(O)c1ccc(C)o1.I. The molecule has 1 atom stereocenters. The van der Waals surface area contributed by atoms with Crippen LogP contribution in [0.4, 0.5) is 0 Å². The van der Waals surface area contributed by atoms with Crippen molar-refractivity contribution in [2.45, 2.75) is 64.7 Å². The summed E-state index contributed by atoms with van der Waals surface area (Å²) in [5.41, 5.74) is -0.139. The summed E-state index contributed by atoms with van der Waals surface area (Å²) in [5.74, 6) is 2.61. The van der Waals surface area contributed by atoms with Crippen LogP contribution in [-0.2, 0) is 12.1 Å². The number of pyridine rings is 1. The number of aryl methyl sites for hydroxylation is 1. The first-order chi connectivity index (χ1) is 14.0. The Kier molecular flexibility index (Phi) is 9.41. The van der Waals surface area contributed by atoms with Crippen LogP contribution in [0.5, 0.6) is 5.88 Å². The van der Waals surface area contributed by atoms with E-state index in [4.69, 9.17) is 9.15 Å². The van der Waals surface area contributed by atoms with E-state index < -0.39 is 5.60 Å². The van der Waals surface area contributed by atoms with Crippen molar-refractivity contribution in [1.82, 2.24) is 15.6 Å². The molecule has 3 rings (SSSR count). The predicted octanol–water partition coefficient (Wildman–Crippen LogP) is 3.89. The topological polar surface area (TPSA) is 91.9 Å². The fourth-order valence-electron chi connectivity index (χ4n) is 3.33. The Labute approximate surface area is 195 Å². The van der Waals surface area contributed by atoms with Crippen LogP contribution in [0.15, 0.2) is 39.9 Å². The molecule has 2 heterocycles. The first-order valence-electron chi connectivity index (χ1n) is 10.4. The van der Waals surface area contributed by atoms with E-state index in [1.165, 1.54) is 12.8 Å². The Morgan fingerprint density at radius 2 is 2.03 bits per heavy atom. The van der Waals surface area contributed by atoms with Gasteiger partial charge in [-0.1, -0.05) is 6.07 Å². The van der Waals surface area contributed by atoms with Gasteiger partial charge in [-0.3, -0.25) is 0 Å². The Balaban J connectivity index is 0.00000320. The summed E-state index contributed by atoms with van der Waals surface area (Å²) < 4.78 is 11.5. The number of nitrogens with one attached hydrogen (secondary N) is 2. The molecule has 1 aliphatic carbocycles. The van der Waals surface area contributed by atoms with E-state index in [-0.39, 0.29) is 30.5 Å². The lowest BCUT2D eigenvalue weighted by Gasteiger charge is -2.22. The number of aromatic nitrogens is 1. The largest absolute Gasteiger partial charge is 0.474 e. The standard InChI is InChI=1S/C22H32N4O3.HI/c1-4-23-21(26-15-22(3,27)19-11-9-16(2)28-19)25-14-17-10-12-20(24-13-17)29-18-7-5-6-8-18;/h9-13,18,27H,4-8,14-15H2,1-3H3,(H2,23,25,26);1H. The summed E-state index contributed by atoms with van der Waals surface area (Å²) in [7, 11) is 0. The maximum absolute atomic E-state index is 10.7. The van der Waals surface area contributed by atoms with E-state index in [9.17, 15) is 5.11 Å². The van der Waals surface area contributed by atoms with Crippen molar-refractivity contribution in [3.8, 4) is 5.88 Å². The van der Waals surface area contributed by atoms with Crippen molar-refractivity contribution in [2.75, 3.05) is 13.1 Å². The van der Waals surface area contributed by atoms with E-state index in [2.05, 4.69) is 20.6 Å². The molecule has 3 N–H and O–H groups in total. The molecular formula is C22H33IN4O3.